The standard InChI is InChI=1S/C18H29BN4O5.C5H10O/c1-4-14(16(24)20-5-2)22-17(25)15(11-21-19(3)27)23-18(26)28-12-13-9-7-6-8-10-13;1-2-4-6-5-3-1/h6-10,14-15,21,27H,4-5,11-12H2,1-3H3,(H,20,24)(H,22,25)(H,23,26);1-5H2. The fourth-order valence-electron chi connectivity index (χ4n) is 3.01. The Morgan fingerprint density at radius 3 is 2.21 bits per heavy atom. The van der Waals surface area contributed by atoms with Crippen LogP contribution in [0.5, 0.6) is 0 Å². The molecule has 1 fully saturated rings. The topological polar surface area (TPSA) is 138 Å². The van der Waals surface area contributed by atoms with Gasteiger partial charge in [-0.2, -0.15) is 0 Å². The molecule has 1 saturated heterocycles. The number of ether oxygens (including phenoxy) is 2. The van der Waals surface area contributed by atoms with Gasteiger partial charge in [0.15, 0.2) is 0 Å². The van der Waals surface area contributed by atoms with E-state index >= 15 is 0 Å². The van der Waals surface area contributed by atoms with Crippen molar-refractivity contribution in [3.05, 3.63) is 35.9 Å². The van der Waals surface area contributed by atoms with E-state index in [2.05, 4.69) is 21.2 Å². The van der Waals surface area contributed by atoms with Gasteiger partial charge in [-0.15, -0.1) is 0 Å². The number of rotatable bonds is 11. The van der Waals surface area contributed by atoms with Crippen molar-refractivity contribution >= 4 is 25.0 Å². The zero-order valence-electron chi connectivity index (χ0n) is 20.5. The number of hydrogen-bond acceptors (Lipinski definition) is 7. The van der Waals surface area contributed by atoms with Gasteiger partial charge in [0, 0.05) is 26.3 Å². The lowest BCUT2D eigenvalue weighted by Crippen LogP contribution is -2.57. The third-order valence-corrected chi connectivity index (χ3v) is 4.91. The first-order valence-electron chi connectivity index (χ1n) is 11.9. The molecule has 11 heteroatoms. The monoisotopic (exact) mass is 478 g/mol. The minimum Gasteiger partial charge on any atom is -0.445 e. The molecule has 190 valence electrons. The molecule has 34 heavy (non-hydrogen) atoms. The summed E-state index contributed by atoms with van der Waals surface area (Å²) in [6.45, 7) is 7.52. The Kier molecular flexibility index (Phi) is 15.4. The van der Waals surface area contributed by atoms with Crippen LogP contribution in [0.2, 0.25) is 6.82 Å². The molecule has 1 aromatic carbocycles. The maximum Gasteiger partial charge on any atom is 0.408 e. The molecule has 2 unspecified atom stereocenters. The Morgan fingerprint density at radius 2 is 1.71 bits per heavy atom. The van der Waals surface area contributed by atoms with E-state index in [-0.39, 0.29) is 19.1 Å². The highest BCUT2D eigenvalue weighted by Gasteiger charge is 2.26. The Morgan fingerprint density at radius 1 is 1.03 bits per heavy atom. The highest BCUT2D eigenvalue weighted by Crippen LogP contribution is 2.02. The number of alkyl carbamates (subject to hydrolysis) is 1. The first-order valence-corrected chi connectivity index (χ1v) is 11.9. The normalized spacial score (nSPS) is 14.5. The minimum atomic E-state index is -1.03. The molecule has 0 radical (unpaired) electrons. The van der Waals surface area contributed by atoms with E-state index in [1.807, 2.05) is 30.3 Å². The third-order valence-electron chi connectivity index (χ3n) is 4.91. The molecule has 1 heterocycles. The van der Waals surface area contributed by atoms with Crippen LogP contribution in [0.1, 0.15) is 45.1 Å². The molecule has 0 bridgehead atoms. The van der Waals surface area contributed by atoms with Crippen LogP contribution >= 0.6 is 0 Å². The number of hydrogen-bond donors (Lipinski definition) is 5. The summed E-state index contributed by atoms with van der Waals surface area (Å²) in [5.41, 5.74) is 0.808. The zero-order chi connectivity index (χ0) is 25.2. The van der Waals surface area contributed by atoms with Crippen LogP contribution in [0.4, 0.5) is 4.79 Å². The average Bonchev–Trinajstić information content (AvgIpc) is 2.85. The van der Waals surface area contributed by atoms with Crippen molar-refractivity contribution in [2.75, 3.05) is 26.3 Å². The molecule has 1 aliphatic heterocycles. The quantitative estimate of drug-likeness (QED) is 0.301. The largest absolute Gasteiger partial charge is 0.445 e. The molecular weight excluding hydrogens is 439 g/mol. The maximum absolute atomic E-state index is 12.6. The highest BCUT2D eigenvalue weighted by atomic mass is 16.5. The molecule has 1 aliphatic rings. The second-order valence-corrected chi connectivity index (χ2v) is 7.88. The smallest absolute Gasteiger partial charge is 0.408 e. The van der Waals surface area contributed by atoms with E-state index in [1.165, 1.54) is 26.1 Å². The predicted octanol–water partition coefficient (Wildman–Crippen LogP) is 1.20. The number of nitrogens with one attached hydrogen (secondary N) is 4. The van der Waals surface area contributed by atoms with Gasteiger partial charge in [0.2, 0.25) is 11.8 Å². The lowest BCUT2D eigenvalue weighted by molar-refractivity contribution is -0.129. The first kappa shape index (κ1) is 29.4. The van der Waals surface area contributed by atoms with Crippen molar-refractivity contribution in [2.45, 2.75) is 65.0 Å². The van der Waals surface area contributed by atoms with Crippen molar-refractivity contribution < 1.29 is 28.9 Å². The van der Waals surface area contributed by atoms with Crippen LogP contribution in [-0.4, -0.2) is 68.4 Å². The van der Waals surface area contributed by atoms with Crippen LogP contribution in [0.15, 0.2) is 30.3 Å². The van der Waals surface area contributed by atoms with Gasteiger partial charge in [0.25, 0.3) is 0 Å². The van der Waals surface area contributed by atoms with Crippen molar-refractivity contribution in [3.63, 3.8) is 0 Å². The van der Waals surface area contributed by atoms with Gasteiger partial charge >= 0.3 is 13.1 Å². The van der Waals surface area contributed by atoms with Gasteiger partial charge in [-0.05, 0) is 45.0 Å². The van der Waals surface area contributed by atoms with Gasteiger partial charge in [-0.25, -0.2) is 4.79 Å². The molecule has 1 aromatic rings. The number of carbonyl (C=O) groups excluding carboxylic acids is 3. The average molecular weight is 478 g/mol. The van der Waals surface area contributed by atoms with Crippen molar-refractivity contribution in [1.29, 1.82) is 0 Å². The van der Waals surface area contributed by atoms with Crippen molar-refractivity contribution in [2.24, 2.45) is 0 Å². The molecule has 3 amide bonds. The van der Waals surface area contributed by atoms with E-state index in [9.17, 15) is 19.4 Å². The lowest BCUT2D eigenvalue weighted by Gasteiger charge is -2.22. The predicted molar refractivity (Wildman–Crippen MR) is 131 cm³/mol. The SMILES string of the molecule is C1CCOCC1.CCNC(=O)C(CC)NC(=O)C(CNB(C)O)NC(=O)OCc1ccccc1. The summed E-state index contributed by atoms with van der Waals surface area (Å²) in [6.07, 6.45) is 3.55. The summed E-state index contributed by atoms with van der Waals surface area (Å²) in [6, 6.07) is 7.38. The number of carbonyl (C=O) groups is 3. The molecule has 0 aromatic heterocycles. The van der Waals surface area contributed by atoms with E-state index in [0.29, 0.717) is 13.0 Å². The summed E-state index contributed by atoms with van der Waals surface area (Å²) in [4.78, 5) is 36.6. The summed E-state index contributed by atoms with van der Waals surface area (Å²) >= 11 is 0. The van der Waals surface area contributed by atoms with Crippen molar-refractivity contribution in [3.8, 4) is 0 Å². The third kappa shape index (κ3) is 13.2. The lowest BCUT2D eigenvalue weighted by atomic mass is 9.88. The van der Waals surface area contributed by atoms with Crippen molar-refractivity contribution in [1.82, 2.24) is 21.2 Å². The highest BCUT2D eigenvalue weighted by molar-refractivity contribution is 6.45. The second kappa shape index (κ2) is 17.8. The van der Waals surface area contributed by atoms with Gasteiger partial charge in [0.1, 0.15) is 18.7 Å². The fraction of sp³-hybridized carbons (Fsp3) is 0.609. The van der Waals surface area contributed by atoms with E-state index in [0.717, 1.165) is 18.8 Å². The molecule has 0 spiro atoms. The van der Waals surface area contributed by atoms with Gasteiger partial charge in [0.05, 0.1) is 0 Å². The summed E-state index contributed by atoms with van der Waals surface area (Å²) in [5.74, 6) is -0.852. The molecule has 2 rings (SSSR count). The second-order valence-electron chi connectivity index (χ2n) is 7.88. The van der Waals surface area contributed by atoms with Crippen LogP contribution in [-0.2, 0) is 25.7 Å². The number of likely N-dealkylation sites (N-methyl/N-ethyl adjacent to an activating group) is 1. The van der Waals surface area contributed by atoms with Crippen LogP contribution in [0.3, 0.4) is 0 Å². The molecule has 2 atom stereocenters. The Balaban J connectivity index is 0.000000830. The van der Waals surface area contributed by atoms with Gasteiger partial charge in [-0.3, -0.25) is 9.59 Å². The molecule has 10 nitrogen and oxygen atoms in total. The maximum atomic E-state index is 12.6. The summed E-state index contributed by atoms with van der Waals surface area (Å²) < 4.78 is 10.2. The molecular formula is C23H39BN4O6. The zero-order valence-corrected chi connectivity index (χ0v) is 20.5. The molecule has 0 saturated carbocycles. The van der Waals surface area contributed by atoms with E-state index in [1.54, 1.807) is 13.8 Å². The Labute approximate surface area is 202 Å². The number of amides is 3. The van der Waals surface area contributed by atoms with Gasteiger partial charge < -0.3 is 35.7 Å². The van der Waals surface area contributed by atoms with E-state index < -0.39 is 31.1 Å². The van der Waals surface area contributed by atoms with E-state index in [4.69, 9.17) is 9.47 Å². The first-order chi connectivity index (χ1) is 16.4. The molecule has 0 aliphatic carbocycles. The van der Waals surface area contributed by atoms with Crippen LogP contribution in [0, 0.1) is 0 Å². The Hall–Kier alpha value is -2.63. The Bertz CT molecular complexity index is 707. The summed E-state index contributed by atoms with van der Waals surface area (Å²) in [7, 11) is -0.872. The van der Waals surface area contributed by atoms with Gasteiger partial charge in [-0.1, -0.05) is 37.3 Å². The van der Waals surface area contributed by atoms with Crippen LogP contribution in [0.25, 0.3) is 0 Å². The number of benzene rings is 1. The minimum absolute atomic E-state index is 0.0320. The summed E-state index contributed by atoms with van der Waals surface area (Å²) in [5, 5.41) is 19.8. The fourth-order valence-corrected chi connectivity index (χ4v) is 3.01. The molecule has 5 N–H and O–H groups in total. The van der Waals surface area contributed by atoms with Crippen LogP contribution < -0.4 is 21.2 Å².